The minimum absolute atomic E-state index is 0.956. The lowest BCUT2D eigenvalue weighted by Gasteiger charge is -2.23. The van der Waals surface area contributed by atoms with Crippen LogP contribution in [0.2, 0.25) is 0 Å². The summed E-state index contributed by atoms with van der Waals surface area (Å²) in [5.74, 6) is 2.54. The summed E-state index contributed by atoms with van der Waals surface area (Å²) in [6.07, 6.45) is 2.29. The van der Waals surface area contributed by atoms with E-state index in [0.29, 0.717) is 0 Å². The highest BCUT2D eigenvalue weighted by atomic mass is 15.4. The Balaban J connectivity index is 1.59. The number of hydrogen-bond acceptors (Lipinski definition) is 4. The van der Waals surface area contributed by atoms with E-state index in [9.17, 15) is 0 Å². The molecule has 104 valence electrons. The van der Waals surface area contributed by atoms with E-state index in [2.05, 4.69) is 56.1 Å². The zero-order chi connectivity index (χ0) is 13.4. The molecular formula is C16H20N4. The second-order valence-electron chi connectivity index (χ2n) is 5.62. The molecule has 20 heavy (non-hydrogen) atoms. The number of aliphatic imine (C=N–C) groups is 1. The minimum atomic E-state index is 0.956. The molecule has 0 saturated carbocycles. The summed E-state index contributed by atoms with van der Waals surface area (Å²) in [6, 6.07) is 10.7. The van der Waals surface area contributed by atoms with E-state index in [1.807, 2.05) is 0 Å². The van der Waals surface area contributed by atoms with Crippen molar-refractivity contribution in [2.45, 2.75) is 6.54 Å². The summed E-state index contributed by atoms with van der Waals surface area (Å²) in [5, 5.41) is 0. The van der Waals surface area contributed by atoms with Crippen molar-refractivity contribution in [3.63, 3.8) is 0 Å². The van der Waals surface area contributed by atoms with Crippen LogP contribution in [0.1, 0.15) is 5.56 Å². The Morgan fingerprint density at radius 2 is 1.70 bits per heavy atom. The van der Waals surface area contributed by atoms with E-state index < -0.39 is 0 Å². The highest BCUT2D eigenvalue weighted by Gasteiger charge is 2.29. The number of benzene rings is 1. The number of amidine groups is 1. The van der Waals surface area contributed by atoms with Crippen LogP contribution >= 0.6 is 0 Å². The quantitative estimate of drug-likeness (QED) is 0.809. The molecule has 3 heterocycles. The van der Waals surface area contributed by atoms with Crippen LogP contribution in [-0.4, -0.2) is 59.8 Å². The first-order valence-electron chi connectivity index (χ1n) is 7.45. The molecule has 1 fully saturated rings. The maximum atomic E-state index is 4.63. The van der Waals surface area contributed by atoms with E-state index in [-0.39, 0.29) is 0 Å². The second-order valence-corrected chi connectivity index (χ2v) is 5.62. The molecule has 0 unspecified atom stereocenters. The standard InChI is InChI=1S/C16H20N4/c1-2-4-14(5-3-1)13-20-11-10-19-9-8-18-7-6-17-15(18)12-16(19)20/h1-5,12H,6-11,13H2. The van der Waals surface area contributed by atoms with Crippen LogP contribution in [0.25, 0.3) is 0 Å². The van der Waals surface area contributed by atoms with Gasteiger partial charge in [-0.1, -0.05) is 30.3 Å². The van der Waals surface area contributed by atoms with E-state index >= 15 is 0 Å². The largest absolute Gasteiger partial charge is 0.355 e. The fourth-order valence-corrected chi connectivity index (χ4v) is 3.26. The molecule has 0 radical (unpaired) electrons. The third kappa shape index (κ3) is 2.05. The van der Waals surface area contributed by atoms with Crippen LogP contribution in [0.5, 0.6) is 0 Å². The molecule has 1 saturated heterocycles. The average Bonchev–Trinajstić information content (AvgIpc) is 3.03. The molecule has 3 aliphatic rings. The van der Waals surface area contributed by atoms with Crippen molar-refractivity contribution >= 4 is 5.84 Å². The van der Waals surface area contributed by atoms with Gasteiger partial charge in [0.2, 0.25) is 0 Å². The molecule has 1 aromatic rings. The lowest BCUT2D eigenvalue weighted by Crippen LogP contribution is -2.31. The van der Waals surface area contributed by atoms with Gasteiger partial charge in [-0.15, -0.1) is 0 Å². The number of nitrogens with zero attached hydrogens (tertiary/aromatic N) is 4. The van der Waals surface area contributed by atoms with Gasteiger partial charge in [0, 0.05) is 45.3 Å². The molecule has 3 aliphatic heterocycles. The van der Waals surface area contributed by atoms with Gasteiger partial charge in [-0.2, -0.15) is 0 Å². The van der Waals surface area contributed by atoms with Gasteiger partial charge in [0.25, 0.3) is 0 Å². The molecule has 0 aromatic heterocycles. The summed E-state index contributed by atoms with van der Waals surface area (Å²) in [7, 11) is 0. The van der Waals surface area contributed by atoms with Crippen LogP contribution in [0.15, 0.2) is 47.2 Å². The Bertz CT molecular complexity index is 549. The molecule has 0 amide bonds. The third-order valence-corrected chi connectivity index (χ3v) is 4.37. The van der Waals surface area contributed by atoms with Crippen LogP contribution in [-0.2, 0) is 6.54 Å². The van der Waals surface area contributed by atoms with Crippen LogP contribution < -0.4 is 0 Å². The maximum Gasteiger partial charge on any atom is 0.127 e. The highest BCUT2D eigenvalue weighted by Crippen LogP contribution is 2.24. The van der Waals surface area contributed by atoms with Gasteiger partial charge in [-0.3, -0.25) is 4.99 Å². The van der Waals surface area contributed by atoms with Crippen molar-refractivity contribution < 1.29 is 0 Å². The first kappa shape index (κ1) is 11.8. The van der Waals surface area contributed by atoms with Gasteiger partial charge in [-0.05, 0) is 5.56 Å². The van der Waals surface area contributed by atoms with Crippen molar-refractivity contribution in [3.05, 3.63) is 47.8 Å². The molecule has 4 heteroatoms. The summed E-state index contributed by atoms with van der Waals surface area (Å²) in [5.41, 5.74) is 1.38. The van der Waals surface area contributed by atoms with Crippen molar-refractivity contribution in [2.75, 3.05) is 39.3 Å². The summed E-state index contributed by atoms with van der Waals surface area (Å²) < 4.78 is 0. The molecule has 0 spiro atoms. The molecule has 4 nitrogen and oxygen atoms in total. The fourth-order valence-electron chi connectivity index (χ4n) is 3.26. The average molecular weight is 268 g/mol. The first-order valence-corrected chi connectivity index (χ1v) is 7.45. The van der Waals surface area contributed by atoms with Gasteiger partial charge < -0.3 is 14.7 Å². The number of hydrogen-bond donors (Lipinski definition) is 0. The molecule has 0 atom stereocenters. The molecule has 1 aromatic carbocycles. The van der Waals surface area contributed by atoms with Gasteiger partial charge in [-0.25, -0.2) is 0 Å². The monoisotopic (exact) mass is 268 g/mol. The zero-order valence-electron chi connectivity index (χ0n) is 11.7. The van der Waals surface area contributed by atoms with Crippen LogP contribution in [0, 0.1) is 0 Å². The first-order chi connectivity index (χ1) is 9.90. The predicted octanol–water partition coefficient (Wildman–Crippen LogP) is 1.37. The Morgan fingerprint density at radius 3 is 2.60 bits per heavy atom. The molecule has 0 aliphatic carbocycles. The van der Waals surface area contributed by atoms with E-state index in [4.69, 9.17) is 0 Å². The van der Waals surface area contributed by atoms with E-state index in [1.165, 1.54) is 17.2 Å². The molecule has 0 bridgehead atoms. The van der Waals surface area contributed by atoms with Gasteiger partial charge in [0.15, 0.2) is 0 Å². The Hall–Kier alpha value is -1.97. The second kappa shape index (κ2) is 4.85. The van der Waals surface area contributed by atoms with Crippen molar-refractivity contribution in [1.29, 1.82) is 0 Å². The molecule has 0 N–H and O–H groups in total. The van der Waals surface area contributed by atoms with Crippen LogP contribution in [0.3, 0.4) is 0 Å². The van der Waals surface area contributed by atoms with Gasteiger partial charge >= 0.3 is 0 Å². The molecular weight excluding hydrogens is 248 g/mol. The normalized spacial score (nSPS) is 21.3. The van der Waals surface area contributed by atoms with Gasteiger partial charge in [0.1, 0.15) is 11.7 Å². The number of rotatable bonds is 2. The van der Waals surface area contributed by atoms with E-state index in [1.54, 1.807) is 0 Å². The zero-order valence-corrected chi connectivity index (χ0v) is 11.7. The highest BCUT2D eigenvalue weighted by molar-refractivity contribution is 5.94. The molecule has 4 rings (SSSR count). The Labute approximate surface area is 120 Å². The maximum absolute atomic E-state index is 4.63. The predicted molar refractivity (Wildman–Crippen MR) is 80.4 cm³/mol. The van der Waals surface area contributed by atoms with Gasteiger partial charge in [0.05, 0.1) is 6.54 Å². The number of fused-ring (bicyclic) bond motifs is 2. The Morgan fingerprint density at radius 1 is 0.900 bits per heavy atom. The SMILES string of the molecule is C1=C2N(CCN2Cc2ccccc2)CCN2CCN=C12. The van der Waals surface area contributed by atoms with Crippen molar-refractivity contribution in [2.24, 2.45) is 4.99 Å². The smallest absolute Gasteiger partial charge is 0.127 e. The lowest BCUT2D eigenvalue weighted by molar-refractivity contribution is 0.316. The summed E-state index contributed by atoms with van der Waals surface area (Å²) in [4.78, 5) is 12.0. The summed E-state index contributed by atoms with van der Waals surface area (Å²) >= 11 is 0. The lowest BCUT2D eigenvalue weighted by atomic mass is 10.2. The third-order valence-electron chi connectivity index (χ3n) is 4.37. The van der Waals surface area contributed by atoms with Crippen LogP contribution in [0.4, 0.5) is 0 Å². The topological polar surface area (TPSA) is 22.1 Å². The van der Waals surface area contributed by atoms with Crippen molar-refractivity contribution in [1.82, 2.24) is 14.7 Å². The minimum Gasteiger partial charge on any atom is -0.355 e. The fraction of sp³-hybridized carbons (Fsp3) is 0.438. The van der Waals surface area contributed by atoms with Crippen molar-refractivity contribution in [3.8, 4) is 0 Å². The van der Waals surface area contributed by atoms with E-state index in [0.717, 1.165) is 45.8 Å². The summed E-state index contributed by atoms with van der Waals surface area (Å²) in [6.45, 7) is 7.53. The Kier molecular flexibility index (Phi) is 2.87.